The maximum absolute atomic E-state index is 12.5. The Bertz CT molecular complexity index is 1030. The van der Waals surface area contributed by atoms with Gasteiger partial charge in [0.2, 0.25) is 0 Å². The summed E-state index contributed by atoms with van der Waals surface area (Å²) >= 11 is 12.2. The van der Waals surface area contributed by atoms with Crippen LogP contribution in [-0.4, -0.2) is 67.6 Å². The molecule has 1 heterocycles. The van der Waals surface area contributed by atoms with Gasteiger partial charge in [0.15, 0.2) is 0 Å². The molecular weight excluding hydrogens is 473 g/mol. The number of hydrogen-bond acceptors (Lipinski definition) is 5. The van der Waals surface area contributed by atoms with Gasteiger partial charge in [0, 0.05) is 25.6 Å². The Hall–Kier alpha value is -3.01. The molecule has 3 amide bonds. The minimum atomic E-state index is -1.06. The first-order valence-corrected chi connectivity index (χ1v) is 10.8. The summed E-state index contributed by atoms with van der Waals surface area (Å²) in [6, 6.07) is 11.0. The Morgan fingerprint density at radius 1 is 1.18 bits per heavy atom. The number of amides is 3. The minimum absolute atomic E-state index is 0.0879. The number of carboxylic acid groups (broad SMARTS) is 1. The predicted octanol–water partition coefficient (Wildman–Crippen LogP) is 4.06. The molecule has 1 fully saturated rings. The van der Waals surface area contributed by atoms with Gasteiger partial charge in [0.25, 0.3) is 0 Å². The number of urea groups is 1. The van der Waals surface area contributed by atoms with Crippen LogP contribution in [-0.2, 0) is 9.47 Å². The van der Waals surface area contributed by atoms with Gasteiger partial charge >= 0.3 is 18.1 Å². The summed E-state index contributed by atoms with van der Waals surface area (Å²) in [5.41, 5.74) is 1.24. The maximum atomic E-state index is 12.5. The summed E-state index contributed by atoms with van der Waals surface area (Å²) in [5, 5.41) is 15.6. The number of rotatable bonds is 5. The van der Waals surface area contributed by atoms with E-state index >= 15 is 0 Å². The fraction of sp³-hybridized carbons (Fsp3) is 0.318. The number of para-hydroxylation sites is 1. The van der Waals surface area contributed by atoms with E-state index in [9.17, 15) is 19.5 Å². The van der Waals surface area contributed by atoms with Gasteiger partial charge in [-0.1, -0.05) is 41.4 Å². The molecule has 176 valence electrons. The number of methoxy groups -OCH3 is 1. The molecular formula is C22H23Cl2N3O6. The topological polar surface area (TPSA) is 117 Å². The number of halogens is 2. The van der Waals surface area contributed by atoms with Crippen LogP contribution >= 0.6 is 23.2 Å². The number of anilines is 1. The summed E-state index contributed by atoms with van der Waals surface area (Å²) in [6.45, 7) is 0.614. The third-order valence-electron chi connectivity index (χ3n) is 5.25. The largest absolute Gasteiger partial charge is 0.465 e. The van der Waals surface area contributed by atoms with E-state index in [1.165, 1.54) is 18.1 Å². The van der Waals surface area contributed by atoms with Crippen molar-refractivity contribution in [1.29, 1.82) is 0 Å². The van der Waals surface area contributed by atoms with E-state index in [1.54, 1.807) is 36.4 Å². The van der Waals surface area contributed by atoms with E-state index in [4.69, 9.17) is 32.7 Å². The quantitative estimate of drug-likeness (QED) is 0.538. The Kier molecular flexibility index (Phi) is 8.37. The molecule has 0 spiro atoms. The van der Waals surface area contributed by atoms with Gasteiger partial charge in [0.05, 0.1) is 41.1 Å². The Labute approximate surface area is 200 Å². The normalized spacial score (nSPS) is 18.2. The van der Waals surface area contributed by atoms with Crippen LogP contribution in [0.5, 0.6) is 0 Å². The summed E-state index contributed by atoms with van der Waals surface area (Å²) in [4.78, 5) is 37.3. The van der Waals surface area contributed by atoms with E-state index in [0.717, 1.165) is 5.56 Å². The molecule has 11 heteroatoms. The zero-order valence-electron chi connectivity index (χ0n) is 17.7. The minimum Gasteiger partial charge on any atom is -0.465 e. The number of nitrogens with zero attached hydrogens (tertiary/aromatic N) is 1. The molecule has 3 N–H and O–H groups in total. The van der Waals surface area contributed by atoms with E-state index in [0.29, 0.717) is 15.7 Å². The highest BCUT2D eigenvalue weighted by Crippen LogP contribution is 2.31. The van der Waals surface area contributed by atoms with Crippen molar-refractivity contribution in [2.45, 2.75) is 12.0 Å². The number of nitrogens with one attached hydrogen (secondary N) is 2. The Morgan fingerprint density at radius 2 is 1.94 bits per heavy atom. The highest BCUT2D eigenvalue weighted by atomic mass is 35.5. The molecule has 2 aromatic rings. The SMILES string of the molecule is COC(=O)c1ccccc1NC(=O)NCC1OCCN(C(=O)O)CC1c1ccc(Cl)c(Cl)c1. The van der Waals surface area contributed by atoms with Crippen LogP contribution in [0.2, 0.25) is 10.0 Å². The van der Waals surface area contributed by atoms with Gasteiger partial charge < -0.3 is 30.1 Å². The monoisotopic (exact) mass is 495 g/mol. The number of carbonyl (C=O) groups excluding carboxylic acids is 2. The zero-order chi connectivity index (χ0) is 24.0. The van der Waals surface area contributed by atoms with Gasteiger partial charge in [-0.3, -0.25) is 0 Å². The van der Waals surface area contributed by atoms with Crippen molar-refractivity contribution in [1.82, 2.24) is 10.2 Å². The molecule has 3 rings (SSSR count). The van der Waals surface area contributed by atoms with Crippen molar-refractivity contribution in [3.63, 3.8) is 0 Å². The molecule has 1 aliphatic heterocycles. The number of esters is 1. The summed E-state index contributed by atoms with van der Waals surface area (Å²) in [5.74, 6) is -0.979. The third kappa shape index (κ3) is 6.28. The zero-order valence-corrected chi connectivity index (χ0v) is 19.2. The van der Waals surface area contributed by atoms with Crippen molar-refractivity contribution >= 4 is 47.0 Å². The fourth-order valence-electron chi connectivity index (χ4n) is 3.55. The van der Waals surface area contributed by atoms with E-state index in [-0.39, 0.29) is 31.8 Å². The second kappa shape index (κ2) is 11.2. The first kappa shape index (κ1) is 24.6. The van der Waals surface area contributed by atoms with E-state index < -0.39 is 30.1 Å². The molecule has 0 aromatic heterocycles. The molecule has 2 unspecified atom stereocenters. The van der Waals surface area contributed by atoms with E-state index in [1.807, 2.05) is 0 Å². The first-order chi connectivity index (χ1) is 15.8. The van der Waals surface area contributed by atoms with Crippen molar-refractivity contribution in [2.24, 2.45) is 0 Å². The van der Waals surface area contributed by atoms with Crippen LogP contribution in [0.4, 0.5) is 15.3 Å². The van der Waals surface area contributed by atoms with E-state index in [2.05, 4.69) is 10.6 Å². The second-order valence-corrected chi connectivity index (χ2v) is 8.10. The maximum Gasteiger partial charge on any atom is 0.407 e. The molecule has 0 aliphatic carbocycles. The molecule has 33 heavy (non-hydrogen) atoms. The standard InChI is InChI=1S/C22H23Cl2N3O6/c1-32-20(28)14-4-2-3-5-18(14)26-21(29)25-11-19-15(12-27(22(30)31)8-9-33-19)13-6-7-16(23)17(24)10-13/h2-7,10,15,19H,8-9,11-12H2,1H3,(H,30,31)(H2,25,26,29). The third-order valence-corrected chi connectivity index (χ3v) is 5.98. The first-order valence-electron chi connectivity index (χ1n) is 10.1. The van der Waals surface area contributed by atoms with Crippen LogP contribution < -0.4 is 10.6 Å². The average molecular weight is 496 g/mol. The molecule has 9 nitrogen and oxygen atoms in total. The van der Waals surface area contributed by atoms with Crippen LogP contribution in [0.3, 0.4) is 0 Å². The lowest BCUT2D eigenvalue weighted by atomic mass is 9.92. The van der Waals surface area contributed by atoms with Crippen molar-refractivity contribution in [3.8, 4) is 0 Å². The van der Waals surface area contributed by atoms with Crippen molar-refractivity contribution in [2.75, 3.05) is 38.7 Å². The molecule has 0 saturated carbocycles. The Morgan fingerprint density at radius 3 is 2.64 bits per heavy atom. The summed E-state index contributed by atoms with van der Waals surface area (Å²) in [6.07, 6.45) is -1.59. The molecule has 1 aliphatic rings. The van der Waals surface area contributed by atoms with Gasteiger partial charge in [-0.15, -0.1) is 0 Å². The fourth-order valence-corrected chi connectivity index (χ4v) is 3.86. The molecule has 0 radical (unpaired) electrons. The summed E-state index contributed by atoms with van der Waals surface area (Å²) in [7, 11) is 1.26. The van der Waals surface area contributed by atoms with Gasteiger partial charge in [-0.2, -0.15) is 0 Å². The van der Waals surface area contributed by atoms with Crippen LogP contribution in [0.25, 0.3) is 0 Å². The smallest absolute Gasteiger partial charge is 0.407 e. The lowest BCUT2D eigenvalue weighted by Gasteiger charge is -2.27. The lowest BCUT2D eigenvalue weighted by molar-refractivity contribution is 0.0530. The number of benzene rings is 2. The van der Waals surface area contributed by atoms with Gasteiger partial charge in [0.1, 0.15) is 0 Å². The van der Waals surface area contributed by atoms with Crippen LogP contribution in [0.1, 0.15) is 21.8 Å². The molecule has 2 aromatic carbocycles. The molecule has 0 bridgehead atoms. The average Bonchev–Trinajstić information content (AvgIpc) is 3.02. The number of carbonyl (C=O) groups is 3. The van der Waals surface area contributed by atoms with Crippen molar-refractivity contribution in [3.05, 3.63) is 63.6 Å². The lowest BCUT2D eigenvalue weighted by Crippen LogP contribution is -2.41. The number of hydrogen-bond donors (Lipinski definition) is 3. The molecule has 1 saturated heterocycles. The van der Waals surface area contributed by atoms with Crippen molar-refractivity contribution < 1.29 is 29.0 Å². The molecule has 2 atom stereocenters. The number of ether oxygens (including phenoxy) is 2. The van der Waals surface area contributed by atoms with Crippen LogP contribution in [0.15, 0.2) is 42.5 Å². The van der Waals surface area contributed by atoms with Gasteiger partial charge in [-0.05, 0) is 29.8 Å². The summed E-state index contributed by atoms with van der Waals surface area (Å²) < 4.78 is 10.6. The van der Waals surface area contributed by atoms with Crippen LogP contribution in [0, 0.1) is 0 Å². The predicted molar refractivity (Wildman–Crippen MR) is 123 cm³/mol. The highest BCUT2D eigenvalue weighted by molar-refractivity contribution is 6.42. The Balaban J connectivity index is 1.74. The van der Waals surface area contributed by atoms with Gasteiger partial charge in [-0.25, -0.2) is 14.4 Å². The highest BCUT2D eigenvalue weighted by Gasteiger charge is 2.32. The second-order valence-electron chi connectivity index (χ2n) is 7.29.